The Morgan fingerprint density at radius 2 is 1.08 bits per heavy atom. The Labute approximate surface area is 85.2 Å². The lowest BCUT2D eigenvalue weighted by Gasteiger charge is -2.00. The van der Waals surface area contributed by atoms with E-state index in [1.54, 1.807) is 0 Å². The summed E-state index contributed by atoms with van der Waals surface area (Å²) in [6.07, 6.45) is 2.12. The van der Waals surface area contributed by atoms with Crippen LogP contribution < -0.4 is 0 Å². The van der Waals surface area contributed by atoms with Crippen LogP contribution in [-0.2, 0) is 12.8 Å². The van der Waals surface area contributed by atoms with Crippen LogP contribution in [0.4, 0.5) is 0 Å². The van der Waals surface area contributed by atoms with E-state index in [4.69, 9.17) is 0 Å². The predicted molar refractivity (Wildman–Crippen MR) is 61.6 cm³/mol. The van der Waals surface area contributed by atoms with Crippen molar-refractivity contribution in [3.05, 3.63) is 35.4 Å². The molecular formula is C10H14S2. The van der Waals surface area contributed by atoms with Gasteiger partial charge in [-0.3, -0.25) is 0 Å². The number of rotatable bonds is 4. The average Bonchev–Trinajstić information content (AvgIpc) is 2.09. The SMILES string of the molecule is SCCc1ccc(CCS)cc1. The summed E-state index contributed by atoms with van der Waals surface area (Å²) < 4.78 is 0. The van der Waals surface area contributed by atoms with E-state index < -0.39 is 0 Å². The Hall–Kier alpha value is -0.0800. The van der Waals surface area contributed by atoms with Crippen molar-refractivity contribution in [2.45, 2.75) is 12.8 Å². The monoisotopic (exact) mass is 198 g/mol. The van der Waals surface area contributed by atoms with Gasteiger partial charge in [0.2, 0.25) is 0 Å². The summed E-state index contributed by atoms with van der Waals surface area (Å²) in [6.45, 7) is 0. The minimum absolute atomic E-state index is 0.923. The first-order valence-electron chi connectivity index (χ1n) is 4.16. The predicted octanol–water partition coefficient (Wildman–Crippen LogP) is 2.63. The maximum absolute atomic E-state index is 4.19. The fraction of sp³-hybridized carbons (Fsp3) is 0.400. The molecular weight excluding hydrogens is 184 g/mol. The van der Waals surface area contributed by atoms with E-state index in [1.807, 2.05) is 0 Å². The van der Waals surface area contributed by atoms with Gasteiger partial charge in [0.15, 0.2) is 0 Å². The highest BCUT2D eigenvalue weighted by molar-refractivity contribution is 7.80. The van der Waals surface area contributed by atoms with Crippen molar-refractivity contribution in [2.75, 3.05) is 11.5 Å². The topological polar surface area (TPSA) is 0 Å². The van der Waals surface area contributed by atoms with Crippen LogP contribution in [0.2, 0.25) is 0 Å². The van der Waals surface area contributed by atoms with Gasteiger partial charge in [0.1, 0.15) is 0 Å². The third-order valence-electron chi connectivity index (χ3n) is 1.82. The van der Waals surface area contributed by atoms with Crippen LogP contribution in [-0.4, -0.2) is 11.5 Å². The van der Waals surface area contributed by atoms with Gasteiger partial charge in [0, 0.05) is 0 Å². The van der Waals surface area contributed by atoms with Crippen LogP contribution in [0.15, 0.2) is 24.3 Å². The van der Waals surface area contributed by atoms with Gasteiger partial charge in [0.05, 0.1) is 0 Å². The van der Waals surface area contributed by atoms with Gasteiger partial charge in [-0.05, 0) is 35.5 Å². The lowest BCUT2D eigenvalue weighted by atomic mass is 10.1. The van der Waals surface area contributed by atoms with Gasteiger partial charge in [-0.15, -0.1) is 0 Å². The molecule has 1 rings (SSSR count). The Morgan fingerprint density at radius 1 is 0.750 bits per heavy atom. The molecule has 0 radical (unpaired) electrons. The van der Waals surface area contributed by atoms with Crippen LogP contribution in [0.25, 0.3) is 0 Å². The zero-order chi connectivity index (χ0) is 8.81. The number of thiol groups is 2. The van der Waals surface area contributed by atoms with Gasteiger partial charge in [-0.1, -0.05) is 24.3 Å². The van der Waals surface area contributed by atoms with Crippen molar-refractivity contribution >= 4 is 25.3 Å². The molecule has 12 heavy (non-hydrogen) atoms. The van der Waals surface area contributed by atoms with Crippen LogP contribution in [0.3, 0.4) is 0 Å². The molecule has 0 spiro atoms. The summed E-state index contributed by atoms with van der Waals surface area (Å²) in [5.41, 5.74) is 2.74. The smallest absolute Gasteiger partial charge is 0.00574 e. The second-order valence-corrected chi connectivity index (χ2v) is 3.66. The number of hydrogen-bond donors (Lipinski definition) is 2. The summed E-state index contributed by atoms with van der Waals surface area (Å²) in [5, 5.41) is 0. The Morgan fingerprint density at radius 3 is 1.33 bits per heavy atom. The maximum atomic E-state index is 4.19. The molecule has 0 N–H and O–H groups in total. The van der Waals surface area contributed by atoms with E-state index in [2.05, 4.69) is 49.5 Å². The Balaban J connectivity index is 2.58. The first kappa shape index (κ1) is 10.0. The molecule has 0 saturated carbocycles. The van der Waals surface area contributed by atoms with Gasteiger partial charge < -0.3 is 0 Å². The summed E-state index contributed by atoms with van der Waals surface area (Å²) in [7, 11) is 0. The molecule has 0 aromatic heterocycles. The largest absolute Gasteiger partial charge is 0.179 e. The highest BCUT2D eigenvalue weighted by atomic mass is 32.1. The Bertz CT molecular complexity index is 191. The van der Waals surface area contributed by atoms with E-state index in [-0.39, 0.29) is 0 Å². The summed E-state index contributed by atoms with van der Waals surface area (Å²) >= 11 is 8.37. The summed E-state index contributed by atoms with van der Waals surface area (Å²) in [4.78, 5) is 0. The van der Waals surface area contributed by atoms with E-state index in [0.29, 0.717) is 0 Å². The van der Waals surface area contributed by atoms with Crippen molar-refractivity contribution in [3.63, 3.8) is 0 Å². The molecule has 0 nitrogen and oxygen atoms in total. The van der Waals surface area contributed by atoms with Crippen molar-refractivity contribution in [3.8, 4) is 0 Å². The highest BCUT2D eigenvalue weighted by Gasteiger charge is 1.92. The third-order valence-corrected chi connectivity index (χ3v) is 2.27. The van der Waals surface area contributed by atoms with Gasteiger partial charge in [-0.2, -0.15) is 25.3 Å². The Kier molecular flexibility index (Phi) is 4.62. The van der Waals surface area contributed by atoms with Crippen LogP contribution in [0, 0.1) is 0 Å². The molecule has 0 aliphatic heterocycles. The molecule has 0 atom stereocenters. The number of benzene rings is 1. The first-order valence-corrected chi connectivity index (χ1v) is 5.43. The molecule has 0 fully saturated rings. The molecule has 2 heteroatoms. The molecule has 1 aromatic rings. The minimum Gasteiger partial charge on any atom is -0.179 e. The first-order chi connectivity index (χ1) is 5.86. The van der Waals surface area contributed by atoms with E-state index in [0.717, 1.165) is 24.3 Å². The fourth-order valence-electron chi connectivity index (χ4n) is 1.13. The molecule has 1 aromatic carbocycles. The summed E-state index contributed by atoms with van der Waals surface area (Å²) in [5.74, 6) is 1.85. The molecule has 0 heterocycles. The maximum Gasteiger partial charge on any atom is -0.00574 e. The standard InChI is InChI=1S/C10H14S2/c11-7-5-9-1-2-10(4-3-9)6-8-12/h1-4,11-12H,5-8H2. The molecule has 0 saturated heterocycles. The van der Waals surface area contributed by atoms with Crippen LogP contribution >= 0.6 is 25.3 Å². The van der Waals surface area contributed by atoms with Crippen molar-refractivity contribution in [2.24, 2.45) is 0 Å². The fourth-order valence-corrected chi connectivity index (χ4v) is 1.65. The van der Waals surface area contributed by atoms with Crippen molar-refractivity contribution in [1.82, 2.24) is 0 Å². The zero-order valence-corrected chi connectivity index (χ0v) is 8.82. The second-order valence-electron chi connectivity index (χ2n) is 2.76. The quantitative estimate of drug-likeness (QED) is 0.683. The molecule has 0 amide bonds. The highest BCUT2D eigenvalue weighted by Crippen LogP contribution is 2.06. The van der Waals surface area contributed by atoms with Gasteiger partial charge >= 0.3 is 0 Å². The van der Waals surface area contributed by atoms with Crippen molar-refractivity contribution in [1.29, 1.82) is 0 Å². The molecule has 0 aliphatic carbocycles. The van der Waals surface area contributed by atoms with E-state index >= 15 is 0 Å². The normalized spacial score (nSPS) is 10.2. The van der Waals surface area contributed by atoms with Crippen molar-refractivity contribution < 1.29 is 0 Å². The molecule has 66 valence electrons. The van der Waals surface area contributed by atoms with Crippen LogP contribution in [0.1, 0.15) is 11.1 Å². The molecule has 0 bridgehead atoms. The van der Waals surface area contributed by atoms with Gasteiger partial charge in [-0.25, -0.2) is 0 Å². The second kappa shape index (κ2) is 5.55. The number of aryl methyl sites for hydroxylation is 2. The lowest BCUT2D eigenvalue weighted by molar-refractivity contribution is 1.12. The van der Waals surface area contributed by atoms with Gasteiger partial charge in [0.25, 0.3) is 0 Å². The zero-order valence-electron chi connectivity index (χ0n) is 7.03. The third kappa shape index (κ3) is 3.11. The molecule has 0 aliphatic rings. The average molecular weight is 198 g/mol. The summed E-state index contributed by atoms with van der Waals surface area (Å²) in [6, 6.07) is 8.70. The molecule has 0 unspecified atom stereocenters. The minimum atomic E-state index is 0.923. The number of hydrogen-bond acceptors (Lipinski definition) is 2. The van der Waals surface area contributed by atoms with E-state index in [9.17, 15) is 0 Å². The lowest BCUT2D eigenvalue weighted by Crippen LogP contribution is -1.89. The van der Waals surface area contributed by atoms with Crippen LogP contribution in [0.5, 0.6) is 0 Å². The van der Waals surface area contributed by atoms with E-state index in [1.165, 1.54) is 11.1 Å².